The van der Waals surface area contributed by atoms with Crippen molar-refractivity contribution in [2.24, 2.45) is 5.41 Å². The summed E-state index contributed by atoms with van der Waals surface area (Å²) in [4.78, 5) is 24.7. The van der Waals surface area contributed by atoms with Crippen molar-refractivity contribution in [2.75, 3.05) is 6.61 Å². The first-order chi connectivity index (χ1) is 13.4. The normalized spacial score (nSPS) is 24.5. The number of hydrogen-bond donors (Lipinski definition) is 2. The van der Waals surface area contributed by atoms with E-state index in [0.717, 1.165) is 11.1 Å². The highest BCUT2D eigenvalue weighted by atomic mass is 35.5. The number of carbonyl (C=O) groups excluding carboxylic acids is 2. The number of nitrogens with one attached hydrogen (secondary N) is 2. The monoisotopic (exact) mass is 398 g/mol. The Hall–Kier alpha value is -2.53. The van der Waals surface area contributed by atoms with Gasteiger partial charge in [0, 0.05) is 17.1 Å². The molecule has 5 rings (SSSR count). The molecule has 2 N–H and O–H groups in total. The van der Waals surface area contributed by atoms with E-state index in [0.29, 0.717) is 36.6 Å². The van der Waals surface area contributed by atoms with E-state index in [9.17, 15) is 9.59 Å². The number of carbonyl (C=O) groups is 2. The number of halogens is 1. The molecule has 3 saturated carbocycles. The average Bonchev–Trinajstić information content (AvgIpc) is 2.63. The Bertz CT molecular complexity index is 893. The van der Waals surface area contributed by atoms with Gasteiger partial charge >= 0.3 is 0 Å². The van der Waals surface area contributed by atoms with Crippen molar-refractivity contribution in [2.45, 2.75) is 38.3 Å². The molecule has 0 saturated heterocycles. The van der Waals surface area contributed by atoms with Gasteiger partial charge in [0.2, 0.25) is 5.91 Å². The van der Waals surface area contributed by atoms with Crippen LogP contribution in [0.4, 0.5) is 0 Å². The van der Waals surface area contributed by atoms with Crippen LogP contribution in [0.5, 0.6) is 5.75 Å². The van der Waals surface area contributed by atoms with Crippen LogP contribution in [-0.4, -0.2) is 24.0 Å². The number of rotatable bonds is 7. The minimum absolute atomic E-state index is 0.0456. The van der Waals surface area contributed by atoms with Gasteiger partial charge < -0.3 is 15.4 Å². The molecule has 0 unspecified atom stereocenters. The van der Waals surface area contributed by atoms with Crippen LogP contribution >= 0.6 is 11.6 Å². The third-order valence-corrected chi connectivity index (χ3v) is 6.14. The van der Waals surface area contributed by atoms with Gasteiger partial charge in [0.15, 0.2) is 6.61 Å². The second-order valence-electron chi connectivity index (χ2n) is 8.01. The second-order valence-corrected chi connectivity index (χ2v) is 8.41. The Morgan fingerprint density at radius 2 is 1.82 bits per heavy atom. The van der Waals surface area contributed by atoms with Gasteiger partial charge in [-0.15, -0.1) is 0 Å². The SMILES string of the molecule is Cc1cc(OCC(=O)NC23CC(C(=O)NCc4ccccc4)(C2)C3)ccc1Cl. The molecule has 3 aliphatic rings. The third kappa shape index (κ3) is 3.59. The van der Waals surface area contributed by atoms with Gasteiger partial charge in [0.05, 0.1) is 5.41 Å². The zero-order valence-corrected chi connectivity index (χ0v) is 16.5. The van der Waals surface area contributed by atoms with E-state index in [1.807, 2.05) is 43.3 Å². The molecule has 0 atom stereocenters. The summed E-state index contributed by atoms with van der Waals surface area (Å²) in [5, 5.41) is 6.73. The molecule has 0 heterocycles. The number of hydrogen-bond acceptors (Lipinski definition) is 3. The number of aryl methyl sites for hydroxylation is 1. The summed E-state index contributed by atoms with van der Waals surface area (Å²) in [6, 6.07) is 15.2. The fourth-order valence-electron chi connectivity index (χ4n) is 4.31. The summed E-state index contributed by atoms with van der Waals surface area (Å²) in [5.41, 5.74) is 1.44. The quantitative estimate of drug-likeness (QED) is 0.751. The minimum atomic E-state index is -0.309. The molecule has 2 bridgehead atoms. The summed E-state index contributed by atoms with van der Waals surface area (Å²) >= 11 is 5.99. The summed E-state index contributed by atoms with van der Waals surface area (Å²) in [5.74, 6) is 0.539. The van der Waals surface area contributed by atoms with E-state index in [2.05, 4.69) is 10.6 Å². The smallest absolute Gasteiger partial charge is 0.258 e. The van der Waals surface area contributed by atoms with Crippen LogP contribution in [-0.2, 0) is 16.1 Å². The molecule has 0 radical (unpaired) electrons. The molecular weight excluding hydrogens is 376 g/mol. The standard InChI is InChI=1S/C22H23ClN2O3/c1-15-9-17(7-8-18(15)23)28-11-19(26)25-22-12-21(13-22,14-22)20(27)24-10-16-5-3-2-4-6-16/h2-9H,10-14H2,1H3,(H,24,27)(H,25,26). The zero-order valence-electron chi connectivity index (χ0n) is 15.8. The molecule has 2 amide bonds. The highest BCUT2D eigenvalue weighted by Gasteiger charge is 2.72. The maximum atomic E-state index is 12.5. The predicted molar refractivity (Wildman–Crippen MR) is 107 cm³/mol. The fraction of sp³-hybridized carbons (Fsp3) is 0.364. The van der Waals surface area contributed by atoms with Crippen molar-refractivity contribution in [1.29, 1.82) is 0 Å². The fourth-order valence-corrected chi connectivity index (χ4v) is 4.43. The van der Waals surface area contributed by atoms with Crippen molar-refractivity contribution in [1.82, 2.24) is 10.6 Å². The first kappa shape index (κ1) is 18.8. The van der Waals surface area contributed by atoms with Crippen LogP contribution in [0.2, 0.25) is 5.02 Å². The molecule has 28 heavy (non-hydrogen) atoms. The average molecular weight is 399 g/mol. The lowest BCUT2D eigenvalue weighted by Crippen LogP contribution is -2.78. The van der Waals surface area contributed by atoms with Crippen LogP contribution in [0.15, 0.2) is 48.5 Å². The molecule has 0 aromatic heterocycles. The van der Waals surface area contributed by atoms with Gasteiger partial charge in [-0.25, -0.2) is 0 Å². The van der Waals surface area contributed by atoms with Crippen LogP contribution in [0.25, 0.3) is 0 Å². The topological polar surface area (TPSA) is 67.4 Å². The van der Waals surface area contributed by atoms with Crippen molar-refractivity contribution in [3.63, 3.8) is 0 Å². The van der Waals surface area contributed by atoms with Crippen LogP contribution in [0.1, 0.15) is 30.4 Å². The Kier molecular flexibility index (Phi) is 4.79. The lowest BCUT2D eigenvalue weighted by Gasteiger charge is -2.69. The molecular formula is C22H23ClN2O3. The molecule has 3 fully saturated rings. The lowest BCUT2D eigenvalue weighted by molar-refractivity contribution is -0.184. The van der Waals surface area contributed by atoms with E-state index in [1.165, 1.54) is 0 Å². The molecule has 2 aromatic carbocycles. The van der Waals surface area contributed by atoms with Gasteiger partial charge in [-0.1, -0.05) is 41.9 Å². The van der Waals surface area contributed by atoms with Gasteiger partial charge in [-0.2, -0.15) is 0 Å². The van der Waals surface area contributed by atoms with Gasteiger partial charge in [0.25, 0.3) is 5.91 Å². The Morgan fingerprint density at radius 1 is 1.11 bits per heavy atom. The summed E-state index contributed by atoms with van der Waals surface area (Å²) in [6.07, 6.45) is 2.10. The van der Waals surface area contributed by atoms with Crippen molar-refractivity contribution < 1.29 is 14.3 Å². The Labute approximate surface area is 169 Å². The molecule has 2 aromatic rings. The lowest BCUT2D eigenvalue weighted by atomic mass is 9.39. The minimum Gasteiger partial charge on any atom is -0.484 e. The Morgan fingerprint density at radius 3 is 2.50 bits per heavy atom. The maximum Gasteiger partial charge on any atom is 0.258 e. The largest absolute Gasteiger partial charge is 0.484 e. The van der Waals surface area contributed by atoms with E-state index >= 15 is 0 Å². The highest BCUT2D eigenvalue weighted by Crippen LogP contribution is 2.67. The zero-order chi connectivity index (χ0) is 19.8. The Balaban J connectivity index is 1.21. The predicted octanol–water partition coefficient (Wildman–Crippen LogP) is 3.38. The van der Waals surface area contributed by atoms with Crippen molar-refractivity contribution >= 4 is 23.4 Å². The number of ether oxygens (including phenoxy) is 1. The van der Waals surface area contributed by atoms with E-state index in [4.69, 9.17) is 16.3 Å². The van der Waals surface area contributed by atoms with E-state index < -0.39 is 0 Å². The summed E-state index contributed by atoms with van der Waals surface area (Å²) in [7, 11) is 0. The van der Waals surface area contributed by atoms with Crippen LogP contribution in [0.3, 0.4) is 0 Å². The molecule has 6 heteroatoms. The number of benzene rings is 2. The van der Waals surface area contributed by atoms with Crippen molar-refractivity contribution in [3.05, 3.63) is 64.7 Å². The van der Waals surface area contributed by atoms with Crippen molar-refractivity contribution in [3.8, 4) is 5.75 Å². The van der Waals surface area contributed by atoms with Gasteiger partial charge in [-0.05, 0) is 55.5 Å². The number of amides is 2. The van der Waals surface area contributed by atoms with Crippen LogP contribution < -0.4 is 15.4 Å². The first-order valence-corrected chi connectivity index (χ1v) is 9.80. The van der Waals surface area contributed by atoms with Crippen LogP contribution in [0, 0.1) is 12.3 Å². The third-order valence-electron chi connectivity index (χ3n) is 5.71. The highest BCUT2D eigenvalue weighted by molar-refractivity contribution is 6.31. The second kappa shape index (κ2) is 7.13. The van der Waals surface area contributed by atoms with Gasteiger partial charge in [-0.3, -0.25) is 9.59 Å². The first-order valence-electron chi connectivity index (χ1n) is 9.42. The maximum absolute atomic E-state index is 12.5. The summed E-state index contributed by atoms with van der Waals surface area (Å²) in [6.45, 7) is 2.38. The molecule has 0 aliphatic heterocycles. The molecule has 146 valence electrons. The molecule has 3 aliphatic carbocycles. The molecule has 5 nitrogen and oxygen atoms in total. The van der Waals surface area contributed by atoms with E-state index in [1.54, 1.807) is 12.1 Å². The van der Waals surface area contributed by atoms with E-state index in [-0.39, 0.29) is 29.4 Å². The molecule has 0 spiro atoms. The summed E-state index contributed by atoms with van der Waals surface area (Å²) < 4.78 is 5.55. The van der Waals surface area contributed by atoms with Gasteiger partial charge in [0.1, 0.15) is 5.75 Å².